The minimum absolute atomic E-state index is 0.0146. The molecule has 90 valence electrons. The Morgan fingerprint density at radius 2 is 2.06 bits per heavy atom. The van der Waals surface area contributed by atoms with Crippen molar-refractivity contribution < 1.29 is 19.4 Å². The fourth-order valence-corrected chi connectivity index (χ4v) is 1.04. The highest BCUT2D eigenvalue weighted by Crippen LogP contribution is 2.02. The van der Waals surface area contributed by atoms with Crippen molar-refractivity contribution in [1.82, 2.24) is 0 Å². The van der Waals surface area contributed by atoms with E-state index in [2.05, 4.69) is 11.3 Å². The molecule has 0 unspecified atom stereocenters. The first kappa shape index (κ1) is 14.4. The number of allylic oxidation sites excluding steroid dienone is 1. The van der Waals surface area contributed by atoms with E-state index in [1.54, 1.807) is 0 Å². The number of ketones is 1. The summed E-state index contributed by atoms with van der Waals surface area (Å²) in [5.74, 6) is -1.81. The van der Waals surface area contributed by atoms with Gasteiger partial charge < -0.3 is 9.84 Å². The first-order chi connectivity index (χ1) is 7.61. The third-order valence-electron chi connectivity index (χ3n) is 1.87. The molecule has 0 aliphatic rings. The summed E-state index contributed by atoms with van der Waals surface area (Å²) in [6.07, 6.45) is 5.38. The SMILES string of the molecule is C=CCOC(=O)/C(O)=C/C(=O)CCCCC. The lowest BCUT2D eigenvalue weighted by Gasteiger charge is -2.00. The summed E-state index contributed by atoms with van der Waals surface area (Å²) in [4.78, 5) is 22.3. The average molecular weight is 226 g/mol. The maximum atomic E-state index is 11.2. The lowest BCUT2D eigenvalue weighted by atomic mass is 10.1. The Balaban J connectivity index is 4.03. The molecule has 0 aromatic carbocycles. The molecule has 0 bridgehead atoms. The topological polar surface area (TPSA) is 63.6 Å². The molecule has 0 aliphatic heterocycles. The van der Waals surface area contributed by atoms with Crippen molar-refractivity contribution in [2.75, 3.05) is 6.61 Å². The van der Waals surface area contributed by atoms with E-state index in [1.165, 1.54) is 6.08 Å². The van der Waals surface area contributed by atoms with Crippen LogP contribution < -0.4 is 0 Å². The van der Waals surface area contributed by atoms with Gasteiger partial charge in [0, 0.05) is 12.5 Å². The van der Waals surface area contributed by atoms with Crippen LogP contribution in [0.25, 0.3) is 0 Å². The van der Waals surface area contributed by atoms with Crippen molar-refractivity contribution in [3.63, 3.8) is 0 Å². The number of aliphatic hydroxyl groups is 1. The normalized spacial score (nSPS) is 10.9. The van der Waals surface area contributed by atoms with Gasteiger partial charge in [0.1, 0.15) is 6.61 Å². The van der Waals surface area contributed by atoms with Gasteiger partial charge in [0.2, 0.25) is 5.76 Å². The van der Waals surface area contributed by atoms with E-state index in [-0.39, 0.29) is 12.4 Å². The highest BCUT2D eigenvalue weighted by atomic mass is 16.5. The van der Waals surface area contributed by atoms with Crippen LogP contribution >= 0.6 is 0 Å². The van der Waals surface area contributed by atoms with E-state index >= 15 is 0 Å². The van der Waals surface area contributed by atoms with Gasteiger partial charge in [0.25, 0.3) is 0 Å². The standard InChI is InChI=1S/C12H18O4/c1-3-5-6-7-10(13)9-11(14)12(15)16-8-4-2/h4,9,14H,2-3,5-8H2,1H3/b11-9-. The third kappa shape index (κ3) is 6.81. The van der Waals surface area contributed by atoms with Crippen LogP contribution in [0.2, 0.25) is 0 Å². The molecule has 4 heteroatoms. The van der Waals surface area contributed by atoms with Crippen molar-refractivity contribution in [3.8, 4) is 0 Å². The van der Waals surface area contributed by atoms with E-state index in [4.69, 9.17) is 0 Å². The molecule has 1 N–H and O–H groups in total. The summed E-state index contributed by atoms with van der Waals surface area (Å²) < 4.78 is 4.55. The number of carbonyl (C=O) groups excluding carboxylic acids is 2. The van der Waals surface area contributed by atoms with Crippen LogP contribution in [0.4, 0.5) is 0 Å². The monoisotopic (exact) mass is 226 g/mol. The molecule has 0 amide bonds. The summed E-state index contributed by atoms with van der Waals surface area (Å²) in [6, 6.07) is 0. The lowest BCUT2D eigenvalue weighted by Crippen LogP contribution is -2.09. The second kappa shape index (κ2) is 8.71. The summed E-state index contributed by atoms with van der Waals surface area (Å²) in [5, 5.41) is 9.20. The zero-order valence-corrected chi connectivity index (χ0v) is 9.57. The Labute approximate surface area is 95.6 Å². The van der Waals surface area contributed by atoms with Crippen LogP contribution in [-0.4, -0.2) is 23.5 Å². The minimum Gasteiger partial charge on any atom is -0.502 e. The number of unbranched alkanes of at least 4 members (excludes halogenated alkanes) is 2. The van der Waals surface area contributed by atoms with Gasteiger partial charge in [-0.05, 0) is 6.42 Å². The Morgan fingerprint density at radius 3 is 2.62 bits per heavy atom. The zero-order valence-electron chi connectivity index (χ0n) is 9.57. The van der Waals surface area contributed by atoms with E-state index in [9.17, 15) is 14.7 Å². The Bertz CT molecular complexity index is 279. The van der Waals surface area contributed by atoms with E-state index in [1.807, 2.05) is 6.92 Å². The van der Waals surface area contributed by atoms with Crippen molar-refractivity contribution >= 4 is 11.8 Å². The summed E-state index contributed by atoms with van der Waals surface area (Å²) >= 11 is 0. The molecule has 0 spiro atoms. The Kier molecular flexibility index (Phi) is 7.85. The van der Waals surface area contributed by atoms with Crippen LogP contribution in [0, 0.1) is 0 Å². The van der Waals surface area contributed by atoms with Crippen LogP contribution in [0.3, 0.4) is 0 Å². The number of esters is 1. The van der Waals surface area contributed by atoms with Gasteiger partial charge in [-0.15, -0.1) is 0 Å². The summed E-state index contributed by atoms with van der Waals surface area (Å²) in [6.45, 7) is 5.40. The Hall–Kier alpha value is -1.58. The van der Waals surface area contributed by atoms with Crippen LogP contribution in [0.15, 0.2) is 24.5 Å². The smallest absolute Gasteiger partial charge is 0.373 e. The number of aliphatic hydroxyl groups excluding tert-OH is 1. The highest BCUT2D eigenvalue weighted by Gasteiger charge is 2.10. The number of carbonyl (C=O) groups is 2. The first-order valence-corrected chi connectivity index (χ1v) is 5.33. The fourth-order valence-electron chi connectivity index (χ4n) is 1.04. The predicted octanol–water partition coefficient (Wildman–Crippen LogP) is 2.31. The lowest BCUT2D eigenvalue weighted by molar-refractivity contribution is -0.141. The average Bonchev–Trinajstić information content (AvgIpc) is 2.26. The quantitative estimate of drug-likeness (QED) is 0.227. The van der Waals surface area contributed by atoms with Gasteiger partial charge in [-0.2, -0.15) is 0 Å². The molecule has 0 saturated carbocycles. The Morgan fingerprint density at radius 1 is 1.38 bits per heavy atom. The van der Waals surface area contributed by atoms with Crippen LogP contribution in [-0.2, 0) is 14.3 Å². The van der Waals surface area contributed by atoms with Gasteiger partial charge in [0.15, 0.2) is 5.78 Å². The molecule has 0 fully saturated rings. The number of hydrogen-bond acceptors (Lipinski definition) is 4. The van der Waals surface area contributed by atoms with Crippen molar-refractivity contribution in [3.05, 3.63) is 24.5 Å². The molecule has 0 rings (SSSR count). The van der Waals surface area contributed by atoms with Crippen molar-refractivity contribution in [1.29, 1.82) is 0 Å². The maximum absolute atomic E-state index is 11.2. The van der Waals surface area contributed by atoms with Gasteiger partial charge in [-0.3, -0.25) is 4.79 Å². The molecule has 0 atom stereocenters. The van der Waals surface area contributed by atoms with Crippen LogP contribution in [0.5, 0.6) is 0 Å². The molecule has 0 heterocycles. The predicted molar refractivity (Wildman–Crippen MR) is 61.0 cm³/mol. The fraction of sp³-hybridized carbons (Fsp3) is 0.500. The van der Waals surface area contributed by atoms with Gasteiger partial charge in [-0.1, -0.05) is 32.4 Å². The highest BCUT2D eigenvalue weighted by molar-refractivity contribution is 5.97. The summed E-state index contributed by atoms with van der Waals surface area (Å²) in [7, 11) is 0. The number of rotatable bonds is 8. The molecule has 0 radical (unpaired) electrons. The molecule has 16 heavy (non-hydrogen) atoms. The van der Waals surface area contributed by atoms with E-state index in [0.717, 1.165) is 25.3 Å². The first-order valence-electron chi connectivity index (χ1n) is 5.33. The molecule has 0 aromatic heterocycles. The molecule has 0 saturated heterocycles. The second-order valence-electron chi connectivity index (χ2n) is 3.34. The molecule has 4 nitrogen and oxygen atoms in total. The van der Waals surface area contributed by atoms with Gasteiger partial charge in [0.05, 0.1) is 0 Å². The van der Waals surface area contributed by atoms with E-state index < -0.39 is 11.7 Å². The molecular weight excluding hydrogens is 208 g/mol. The van der Waals surface area contributed by atoms with Gasteiger partial charge in [-0.25, -0.2) is 4.79 Å². The van der Waals surface area contributed by atoms with Gasteiger partial charge >= 0.3 is 5.97 Å². The summed E-state index contributed by atoms with van der Waals surface area (Å²) in [5.41, 5.74) is 0. The molecule has 0 aliphatic carbocycles. The largest absolute Gasteiger partial charge is 0.502 e. The second-order valence-corrected chi connectivity index (χ2v) is 3.34. The number of ether oxygens (including phenoxy) is 1. The third-order valence-corrected chi connectivity index (χ3v) is 1.87. The maximum Gasteiger partial charge on any atom is 0.373 e. The van der Waals surface area contributed by atoms with Crippen molar-refractivity contribution in [2.24, 2.45) is 0 Å². The van der Waals surface area contributed by atoms with E-state index in [0.29, 0.717) is 6.42 Å². The molecule has 0 aromatic rings. The van der Waals surface area contributed by atoms with Crippen LogP contribution in [0.1, 0.15) is 32.6 Å². The minimum atomic E-state index is -0.899. The number of hydrogen-bond donors (Lipinski definition) is 1. The van der Waals surface area contributed by atoms with Crippen molar-refractivity contribution in [2.45, 2.75) is 32.6 Å². The zero-order chi connectivity index (χ0) is 12.4. The molecular formula is C12H18O4.